The van der Waals surface area contributed by atoms with Gasteiger partial charge >= 0.3 is 0 Å². The van der Waals surface area contributed by atoms with Gasteiger partial charge in [-0.3, -0.25) is 0 Å². The molecule has 0 aromatic heterocycles. The predicted octanol–water partition coefficient (Wildman–Crippen LogP) is 5.18. The van der Waals surface area contributed by atoms with E-state index in [-0.39, 0.29) is 0 Å². The summed E-state index contributed by atoms with van der Waals surface area (Å²) in [5, 5.41) is 0. The molecular formula is C19H20. The third-order valence-electron chi connectivity index (χ3n) is 3.94. The molecule has 0 heteroatoms. The summed E-state index contributed by atoms with van der Waals surface area (Å²) >= 11 is 0. The Morgan fingerprint density at radius 2 is 0.947 bits per heavy atom. The van der Waals surface area contributed by atoms with Crippen molar-refractivity contribution in [1.29, 1.82) is 0 Å². The van der Waals surface area contributed by atoms with Gasteiger partial charge in [0.25, 0.3) is 0 Å². The molecule has 0 radical (unpaired) electrons. The molecule has 0 aromatic rings. The minimum atomic E-state index is 1.19. The number of aryl methyl sites for hydroxylation is 2. The van der Waals surface area contributed by atoms with Crippen LogP contribution in [0.3, 0.4) is 0 Å². The second-order valence-electron chi connectivity index (χ2n) is 5.26. The first kappa shape index (κ1) is 12.2. The van der Waals surface area contributed by atoms with Crippen molar-refractivity contribution in [1.82, 2.24) is 0 Å². The Balaban J connectivity index is 2.37. The summed E-state index contributed by atoms with van der Waals surface area (Å²) in [6.07, 6.45) is 6.32. The first-order chi connectivity index (χ1) is 9.45. The van der Waals surface area contributed by atoms with E-state index in [0.29, 0.717) is 0 Å². The fourth-order valence-corrected chi connectivity index (χ4v) is 2.94. The molecule has 0 fully saturated rings. The monoisotopic (exact) mass is 248 g/mol. The standard InChI is InChI=1S/C19H20/c1-4-10-16-12-6-2-8-14-18-17(11-5-1)13-7-3-9-15-19(16)18/h2-3,6-9,12-15H,1,4-5,10-11H2. The molecule has 3 aliphatic carbocycles. The maximum absolute atomic E-state index is 2.29. The normalized spacial score (nSPS) is 14.3. The maximum atomic E-state index is 2.29. The van der Waals surface area contributed by atoms with Gasteiger partial charge in [-0.1, -0.05) is 67.1 Å². The highest BCUT2D eigenvalue weighted by Gasteiger charge is 2.09. The van der Waals surface area contributed by atoms with Gasteiger partial charge in [0.05, 0.1) is 0 Å². The molecule has 96 valence electrons. The van der Waals surface area contributed by atoms with E-state index in [1.165, 1.54) is 54.4 Å². The van der Waals surface area contributed by atoms with Crippen molar-refractivity contribution in [3.8, 4) is 11.1 Å². The van der Waals surface area contributed by atoms with Crippen molar-refractivity contribution >= 4 is 0 Å². The lowest BCUT2D eigenvalue weighted by molar-refractivity contribution is 0.683. The molecule has 0 N–H and O–H groups in total. The van der Waals surface area contributed by atoms with Crippen LogP contribution in [0.2, 0.25) is 0 Å². The molecule has 0 nitrogen and oxygen atoms in total. The highest BCUT2D eigenvalue weighted by Crippen LogP contribution is 2.29. The lowest BCUT2D eigenvalue weighted by Crippen LogP contribution is -1.90. The minimum absolute atomic E-state index is 1.19. The molecule has 4 bridgehead atoms. The Bertz CT molecular complexity index is 529. The van der Waals surface area contributed by atoms with Crippen LogP contribution in [0.25, 0.3) is 11.1 Å². The van der Waals surface area contributed by atoms with Gasteiger partial charge in [0.15, 0.2) is 0 Å². The molecular weight excluding hydrogens is 228 g/mol. The molecule has 0 saturated heterocycles. The van der Waals surface area contributed by atoms with E-state index < -0.39 is 0 Å². The molecule has 0 unspecified atom stereocenters. The van der Waals surface area contributed by atoms with Crippen LogP contribution in [-0.2, 0) is 12.8 Å². The Morgan fingerprint density at radius 1 is 0.474 bits per heavy atom. The second-order valence-corrected chi connectivity index (χ2v) is 5.26. The van der Waals surface area contributed by atoms with Gasteiger partial charge in [0, 0.05) is 0 Å². The zero-order valence-electron chi connectivity index (χ0n) is 11.3. The lowest BCUT2D eigenvalue weighted by atomic mass is 9.94. The molecule has 0 aromatic carbocycles. The van der Waals surface area contributed by atoms with Crippen LogP contribution in [0.15, 0.2) is 60.7 Å². The number of rotatable bonds is 0. The fraction of sp³-hybridized carbons (Fsp3) is 0.263. The van der Waals surface area contributed by atoms with Crippen LogP contribution >= 0.6 is 0 Å². The third kappa shape index (κ3) is 2.78. The van der Waals surface area contributed by atoms with Gasteiger partial charge in [0.2, 0.25) is 0 Å². The molecule has 0 amide bonds. The molecule has 0 saturated carbocycles. The average Bonchev–Trinajstić information content (AvgIpc) is 2.47. The predicted molar refractivity (Wildman–Crippen MR) is 82.0 cm³/mol. The SMILES string of the molecule is c1ccc2c3cccccc(c-3cc1)CCCCC2. The molecule has 0 aliphatic heterocycles. The largest absolute Gasteiger partial charge is 0.0622 e. The number of hydrogen-bond donors (Lipinski definition) is 0. The molecule has 0 spiro atoms. The van der Waals surface area contributed by atoms with Gasteiger partial charge in [0.1, 0.15) is 0 Å². The van der Waals surface area contributed by atoms with Crippen molar-refractivity contribution in [2.45, 2.75) is 32.1 Å². The van der Waals surface area contributed by atoms with Crippen LogP contribution in [0.1, 0.15) is 30.4 Å². The minimum Gasteiger partial charge on any atom is -0.0622 e. The van der Waals surface area contributed by atoms with Gasteiger partial charge in [-0.25, -0.2) is 0 Å². The van der Waals surface area contributed by atoms with Crippen LogP contribution in [-0.4, -0.2) is 0 Å². The van der Waals surface area contributed by atoms with Gasteiger partial charge in [-0.05, 0) is 47.9 Å². The fourth-order valence-electron chi connectivity index (χ4n) is 2.94. The zero-order chi connectivity index (χ0) is 12.9. The van der Waals surface area contributed by atoms with E-state index in [1.807, 2.05) is 0 Å². The van der Waals surface area contributed by atoms with Gasteiger partial charge < -0.3 is 0 Å². The Labute approximate surface area is 115 Å². The topological polar surface area (TPSA) is 0 Å². The Morgan fingerprint density at radius 3 is 1.47 bits per heavy atom. The van der Waals surface area contributed by atoms with Gasteiger partial charge in [-0.2, -0.15) is 0 Å². The third-order valence-corrected chi connectivity index (χ3v) is 3.94. The zero-order valence-corrected chi connectivity index (χ0v) is 11.3. The van der Waals surface area contributed by atoms with Gasteiger partial charge in [-0.15, -0.1) is 0 Å². The molecule has 3 rings (SSSR count). The van der Waals surface area contributed by atoms with E-state index in [4.69, 9.17) is 0 Å². The van der Waals surface area contributed by atoms with E-state index >= 15 is 0 Å². The van der Waals surface area contributed by atoms with E-state index in [9.17, 15) is 0 Å². The van der Waals surface area contributed by atoms with Crippen molar-refractivity contribution in [2.75, 3.05) is 0 Å². The van der Waals surface area contributed by atoms with Crippen molar-refractivity contribution in [2.24, 2.45) is 0 Å². The van der Waals surface area contributed by atoms with Crippen LogP contribution in [0.5, 0.6) is 0 Å². The second kappa shape index (κ2) is 5.88. The quantitative estimate of drug-likeness (QED) is 0.602. The molecule has 0 heterocycles. The van der Waals surface area contributed by atoms with Crippen LogP contribution in [0.4, 0.5) is 0 Å². The summed E-state index contributed by atoms with van der Waals surface area (Å²) in [6.45, 7) is 0. The maximum Gasteiger partial charge on any atom is -0.0149 e. The Kier molecular flexibility index (Phi) is 3.78. The van der Waals surface area contributed by atoms with Crippen LogP contribution < -0.4 is 0 Å². The first-order valence-corrected chi connectivity index (χ1v) is 7.28. The van der Waals surface area contributed by atoms with E-state index in [2.05, 4.69) is 60.7 Å². The highest BCUT2D eigenvalue weighted by atomic mass is 14.1. The first-order valence-electron chi connectivity index (χ1n) is 7.28. The highest BCUT2D eigenvalue weighted by molar-refractivity contribution is 5.70. The smallest absolute Gasteiger partial charge is 0.0149 e. The van der Waals surface area contributed by atoms with Crippen molar-refractivity contribution < 1.29 is 0 Å². The van der Waals surface area contributed by atoms with Crippen molar-refractivity contribution in [3.05, 3.63) is 71.8 Å². The summed E-state index contributed by atoms with van der Waals surface area (Å²) < 4.78 is 0. The number of hydrogen-bond acceptors (Lipinski definition) is 0. The summed E-state index contributed by atoms with van der Waals surface area (Å²) in [4.78, 5) is 0. The lowest BCUT2D eigenvalue weighted by Gasteiger charge is -2.10. The van der Waals surface area contributed by atoms with E-state index in [1.54, 1.807) is 0 Å². The molecule has 3 aliphatic rings. The summed E-state index contributed by atoms with van der Waals surface area (Å²) in [7, 11) is 0. The Hall–Kier alpha value is -1.82. The van der Waals surface area contributed by atoms with E-state index in [0.717, 1.165) is 0 Å². The summed E-state index contributed by atoms with van der Waals surface area (Å²) in [6, 6.07) is 22.1. The summed E-state index contributed by atoms with van der Waals surface area (Å²) in [5.74, 6) is 0. The van der Waals surface area contributed by atoms with Crippen LogP contribution in [0, 0.1) is 0 Å². The summed E-state index contributed by atoms with van der Waals surface area (Å²) in [5.41, 5.74) is 5.79. The average molecular weight is 248 g/mol. The molecule has 0 atom stereocenters. The van der Waals surface area contributed by atoms with Crippen molar-refractivity contribution in [3.63, 3.8) is 0 Å². The molecule has 19 heavy (non-hydrogen) atoms.